The van der Waals surface area contributed by atoms with E-state index in [4.69, 9.17) is 0 Å². The average molecular weight is 335 g/mol. The highest BCUT2D eigenvalue weighted by Gasteiger charge is 2.40. The van der Waals surface area contributed by atoms with Crippen LogP contribution in [0.2, 0.25) is 0 Å². The lowest BCUT2D eigenvalue weighted by molar-refractivity contribution is -0.132. The van der Waals surface area contributed by atoms with Gasteiger partial charge in [0.1, 0.15) is 0 Å². The number of fused-ring (bicyclic) bond motifs is 1. The maximum atomic E-state index is 12.9. The van der Waals surface area contributed by atoms with Gasteiger partial charge in [0.15, 0.2) is 0 Å². The second-order valence-electron chi connectivity index (χ2n) is 6.61. The summed E-state index contributed by atoms with van der Waals surface area (Å²) < 4.78 is 0. The first-order chi connectivity index (χ1) is 12.3. The number of piperidine rings is 1. The van der Waals surface area contributed by atoms with Crippen LogP contribution in [-0.4, -0.2) is 34.8 Å². The smallest absolute Gasteiger partial charge is 0.260 e. The van der Waals surface area contributed by atoms with Crippen LogP contribution in [0.25, 0.3) is 0 Å². The minimum Gasteiger partial charge on any atom is -0.343 e. The molecule has 2 aromatic rings. The maximum Gasteiger partial charge on any atom is 0.260 e. The SMILES string of the molecule is O=C(CC1c2ncccc2C(=O)N1c1ccccc1)N1CCCCC1. The molecule has 5 nitrogen and oxygen atoms in total. The molecular formula is C20H21N3O2. The van der Waals surface area contributed by atoms with Crippen molar-refractivity contribution in [1.29, 1.82) is 0 Å². The molecule has 4 rings (SSSR count). The van der Waals surface area contributed by atoms with Crippen molar-refractivity contribution in [3.63, 3.8) is 0 Å². The summed E-state index contributed by atoms with van der Waals surface area (Å²) in [7, 11) is 0. The Morgan fingerprint density at radius 1 is 1.04 bits per heavy atom. The molecule has 0 bridgehead atoms. The number of likely N-dealkylation sites (tertiary alicyclic amines) is 1. The number of anilines is 1. The molecule has 0 spiro atoms. The summed E-state index contributed by atoms with van der Waals surface area (Å²) in [5.41, 5.74) is 2.12. The normalized spacial score (nSPS) is 19.8. The fraction of sp³-hybridized carbons (Fsp3) is 0.350. The molecule has 2 amide bonds. The van der Waals surface area contributed by atoms with Gasteiger partial charge in [0.25, 0.3) is 5.91 Å². The van der Waals surface area contributed by atoms with Crippen LogP contribution in [-0.2, 0) is 4.79 Å². The molecule has 128 valence electrons. The Bertz CT molecular complexity index is 785. The number of amides is 2. The second-order valence-corrected chi connectivity index (χ2v) is 6.61. The third-order valence-corrected chi connectivity index (χ3v) is 5.03. The van der Waals surface area contributed by atoms with E-state index in [0.717, 1.165) is 31.6 Å². The lowest BCUT2D eigenvalue weighted by Gasteiger charge is -2.30. The van der Waals surface area contributed by atoms with Crippen LogP contribution >= 0.6 is 0 Å². The number of rotatable bonds is 3. The van der Waals surface area contributed by atoms with Gasteiger partial charge >= 0.3 is 0 Å². The van der Waals surface area contributed by atoms with Crippen molar-refractivity contribution >= 4 is 17.5 Å². The third-order valence-electron chi connectivity index (χ3n) is 5.03. The molecule has 1 fully saturated rings. The van der Waals surface area contributed by atoms with Gasteiger partial charge in [0, 0.05) is 25.0 Å². The monoisotopic (exact) mass is 335 g/mol. The second kappa shape index (κ2) is 6.67. The molecule has 1 aromatic carbocycles. The lowest BCUT2D eigenvalue weighted by Crippen LogP contribution is -2.38. The fourth-order valence-electron chi connectivity index (χ4n) is 3.77. The standard InChI is InChI=1S/C20H21N3O2/c24-18(22-12-5-2-6-13-22)14-17-19-16(10-7-11-21-19)20(25)23(17)15-8-3-1-4-9-15/h1,3-4,7-11,17H,2,5-6,12-14H2. The van der Waals surface area contributed by atoms with E-state index in [2.05, 4.69) is 4.98 Å². The van der Waals surface area contributed by atoms with E-state index < -0.39 is 0 Å². The van der Waals surface area contributed by atoms with Crippen LogP contribution in [0.5, 0.6) is 0 Å². The number of pyridine rings is 1. The van der Waals surface area contributed by atoms with E-state index in [1.54, 1.807) is 23.2 Å². The molecular weight excluding hydrogens is 314 g/mol. The number of carbonyl (C=O) groups is 2. The number of hydrogen-bond donors (Lipinski definition) is 0. The van der Waals surface area contributed by atoms with Crippen molar-refractivity contribution in [2.24, 2.45) is 0 Å². The maximum absolute atomic E-state index is 12.9. The third kappa shape index (κ3) is 2.90. The first kappa shape index (κ1) is 15.8. The Morgan fingerprint density at radius 3 is 2.56 bits per heavy atom. The molecule has 1 atom stereocenters. The van der Waals surface area contributed by atoms with Gasteiger partial charge in [0.2, 0.25) is 5.91 Å². The number of aromatic nitrogens is 1. The van der Waals surface area contributed by atoms with Crippen LogP contribution in [0.3, 0.4) is 0 Å². The van der Waals surface area contributed by atoms with Crippen LogP contribution < -0.4 is 4.90 Å². The molecule has 0 radical (unpaired) electrons. The number of hydrogen-bond acceptors (Lipinski definition) is 3. The van der Waals surface area contributed by atoms with E-state index in [0.29, 0.717) is 11.3 Å². The largest absolute Gasteiger partial charge is 0.343 e. The molecule has 2 aliphatic heterocycles. The van der Waals surface area contributed by atoms with Gasteiger partial charge in [-0.25, -0.2) is 0 Å². The molecule has 25 heavy (non-hydrogen) atoms. The molecule has 5 heteroatoms. The molecule has 0 N–H and O–H groups in total. The van der Waals surface area contributed by atoms with E-state index in [9.17, 15) is 9.59 Å². The van der Waals surface area contributed by atoms with Gasteiger partial charge in [-0.1, -0.05) is 18.2 Å². The van der Waals surface area contributed by atoms with Gasteiger partial charge in [-0.15, -0.1) is 0 Å². The van der Waals surface area contributed by atoms with Crippen molar-refractivity contribution in [3.8, 4) is 0 Å². The molecule has 2 aliphatic rings. The lowest BCUT2D eigenvalue weighted by atomic mass is 10.1. The van der Waals surface area contributed by atoms with Gasteiger partial charge in [-0.2, -0.15) is 0 Å². The summed E-state index contributed by atoms with van der Waals surface area (Å²) in [4.78, 5) is 33.8. The number of para-hydroxylation sites is 1. The van der Waals surface area contributed by atoms with Crippen LogP contribution in [0.4, 0.5) is 5.69 Å². The predicted molar refractivity (Wildman–Crippen MR) is 95.3 cm³/mol. The summed E-state index contributed by atoms with van der Waals surface area (Å²) in [6.07, 6.45) is 5.29. The quantitative estimate of drug-likeness (QED) is 0.865. The highest BCUT2D eigenvalue weighted by molar-refractivity contribution is 6.11. The summed E-state index contributed by atoms with van der Waals surface area (Å²) >= 11 is 0. The van der Waals surface area contributed by atoms with Crippen molar-refractivity contribution < 1.29 is 9.59 Å². The van der Waals surface area contributed by atoms with Crippen molar-refractivity contribution in [1.82, 2.24) is 9.88 Å². The van der Waals surface area contributed by atoms with Crippen molar-refractivity contribution in [2.75, 3.05) is 18.0 Å². The van der Waals surface area contributed by atoms with Crippen LogP contribution in [0, 0.1) is 0 Å². The minimum atomic E-state index is -0.333. The Balaban J connectivity index is 1.66. The average Bonchev–Trinajstić information content (AvgIpc) is 2.95. The number of benzene rings is 1. The number of nitrogens with zero attached hydrogens (tertiary/aromatic N) is 3. The molecule has 1 saturated heterocycles. The molecule has 1 aromatic heterocycles. The highest BCUT2D eigenvalue weighted by atomic mass is 16.2. The Morgan fingerprint density at radius 2 is 1.80 bits per heavy atom. The van der Waals surface area contributed by atoms with E-state index in [-0.39, 0.29) is 24.3 Å². The van der Waals surface area contributed by atoms with Crippen molar-refractivity contribution in [2.45, 2.75) is 31.7 Å². The zero-order valence-corrected chi connectivity index (χ0v) is 14.1. The zero-order valence-electron chi connectivity index (χ0n) is 14.1. The zero-order chi connectivity index (χ0) is 17.2. The fourth-order valence-corrected chi connectivity index (χ4v) is 3.77. The molecule has 3 heterocycles. The van der Waals surface area contributed by atoms with Gasteiger partial charge in [-0.3, -0.25) is 19.5 Å². The summed E-state index contributed by atoms with van der Waals surface area (Å²) in [6.45, 7) is 1.64. The topological polar surface area (TPSA) is 53.5 Å². The molecule has 0 aliphatic carbocycles. The highest BCUT2D eigenvalue weighted by Crippen LogP contribution is 2.38. The van der Waals surface area contributed by atoms with Gasteiger partial charge in [0.05, 0.1) is 23.7 Å². The van der Waals surface area contributed by atoms with Crippen molar-refractivity contribution in [3.05, 3.63) is 59.9 Å². The first-order valence-corrected chi connectivity index (χ1v) is 8.87. The van der Waals surface area contributed by atoms with E-state index in [1.165, 1.54) is 6.42 Å². The van der Waals surface area contributed by atoms with Gasteiger partial charge in [-0.05, 0) is 43.5 Å². The van der Waals surface area contributed by atoms with Gasteiger partial charge < -0.3 is 4.90 Å². The van der Waals surface area contributed by atoms with E-state index in [1.807, 2.05) is 35.2 Å². The summed E-state index contributed by atoms with van der Waals surface area (Å²) in [5.74, 6) is 0.0303. The van der Waals surface area contributed by atoms with E-state index >= 15 is 0 Å². The summed E-state index contributed by atoms with van der Waals surface area (Å²) in [6, 6.07) is 12.8. The molecule has 1 unspecified atom stereocenters. The predicted octanol–water partition coefficient (Wildman–Crippen LogP) is 3.19. The number of carbonyl (C=O) groups excluding carboxylic acids is 2. The Hall–Kier alpha value is -2.69. The van der Waals surface area contributed by atoms with Crippen LogP contribution in [0.1, 0.15) is 47.8 Å². The Kier molecular flexibility index (Phi) is 4.22. The summed E-state index contributed by atoms with van der Waals surface area (Å²) in [5, 5.41) is 0. The molecule has 0 saturated carbocycles. The minimum absolute atomic E-state index is 0.0780. The Labute approximate surface area is 147 Å². The first-order valence-electron chi connectivity index (χ1n) is 8.87. The van der Waals surface area contributed by atoms with Crippen LogP contribution in [0.15, 0.2) is 48.7 Å².